The highest BCUT2D eigenvalue weighted by atomic mass is 79.9. The minimum atomic E-state index is 0.439. The molecular weight excluding hydrogens is 206 g/mol. The van der Waals surface area contributed by atoms with Gasteiger partial charge >= 0.3 is 0 Å². The number of nitrogens with zero attached hydrogens (tertiary/aromatic N) is 1. The van der Waals surface area contributed by atoms with E-state index in [0.717, 1.165) is 18.8 Å². The zero-order valence-corrected chi connectivity index (χ0v) is 7.54. The molecular formula is C8H8BrNO. The second kappa shape index (κ2) is 2.81. The molecule has 1 unspecified atom stereocenters. The summed E-state index contributed by atoms with van der Waals surface area (Å²) in [7, 11) is 0. The van der Waals surface area contributed by atoms with Crippen molar-refractivity contribution in [3.63, 3.8) is 0 Å². The standard InChI is InChI=1S/C8H8BrNO/c9-7-2-4-11-8-5-10-3-1-6(7)8/h1,3,5,7H,2,4H2. The molecule has 1 aliphatic rings. The van der Waals surface area contributed by atoms with Gasteiger partial charge in [0.1, 0.15) is 5.75 Å². The number of rotatable bonds is 0. The Hall–Kier alpha value is -0.570. The SMILES string of the molecule is BrC1CCOc2cnccc21. The Labute approximate surface area is 73.7 Å². The van der Waals surface area contributed by atoms with E-state index in [2.05, 4.69) is 20.9 Å². The van der Waals surface area contributed by atoms with Crippen molar-refractivity contribution in [2.75, 3.05) is 6.61 Å². The highest BCUT2D eigenvalue weighted by Crippen LogP contribution is 2.36. The third kappa shape index (κ3) is 1.25. The van der Waals surface area contributed by atoms with Crippen LogP contribution in [0.15, 0.2) is 18.5 Å². The number of pyridine rings is 1. The highest BCUT2D eigenvalue weighted by Gasteiger charge is 2.17. The van der Waals surface area contributed by atoms with Gasteiger partial charge in [0.25, 0.3) is 0 Å². The molecule has 1 aliphatic heterocycles. The first-order valence-electron chi connectivity index (χ1n) is 3.59. The van der Waals surface area contributed by atoms with E-state index in [4.69, 9.17) is 4.74 Å². The van der Waals surface area contributed by atoms with E-state index < -0.39 is 0 Å². The number of alkyl halides is 1. The van der Waals surface area contributed by atoms with E-state index in [-0.39, 0.29) is 0 Å². The summed E-state index contributed by atoms with van der Waals surface area (Å²) in [6, 6.07) is 1.99. The van der Waals surface area contributed by atoms with Crippen LogP contribution < -0.4 is 4.74 Å². The number of aromatic nitrogens is 1. The smallest absolute Gasteiger partial charge is 0.141 e. The van der Waals surface area contributed by atoms with Crippen molar-refractivity contribution in [1.82, 2.24) is 4.98 Å². The van der Waals surface area contributed by atoms with E-state index in [1.54, 1.807) is 12.4 Å². The summed E-state index contributed by atoms with van der Waals surface area (Å²) in [4.78, 5) is 4.43. The van der Waals surface area contributed by atoms with Crippen LogP contribution in [0.5, 0.6) is 5.75 Å². The van der Waals surface area contributed by atoms with E-state index in [0.29, 0.717) is 4.83 Å². The Morgan fingerprint density at radius 1 is 1.64 bits per heavy atom. The lowest BCUT2D eigenvalue weighted by atomic mass is 10.1. The van der Waals surface area contributed by atoms with Crippen molar-refractivity contribution in [2.45, 2.75) is 11.2 Å². The van der Waals surface area contributed by atoms with Gasteiger partial charge in [0, 0.05) is 16.6 Å². The highest BCUT2D eigenvalue weighted by molar-refractivity contribution is 9.09. The fraction of sp³-hybridized carbons (Fsp3) is 0.375. The van der Waals surface area contributed by atoms with Crippen LogP contribution in [-0.4, -0.2) is 11.6 Å². The molecule has 0 radical (unpaired) electrons. The Kier molecular flexibility index (Phi) is 1.82. The maximum Gasteiger partial charge on any atom is 0.141 e. The second-order valence-corrected chi connectivity index (χ2v) is 3.62. The lowest BCUT2D eigenvalue weighted by Crippen LogP contribution is -2.10. The molecule has 1 aromatic heterocycles. The molecule has 0 aliphatic carbocycles. The summed E-state index contributed by atoms with van der Waals surface area (Å²) in [5, 5.41) is 0. The fourth-order valence-electron chi connectivity index (χ4n) is 1.20. The molecule has 2 rings (SSSR count). The van der Waals surface area contributed by atoms with Crippen LogP contribution in [0.2, 0.25) is 0 Å². The minimum absolute atomic E-state index is 0.439. The Balaban J connectivity index is 2.44. The number of halogens is 1. The largest absolute Gasteiger partial charge is 0.492 e. The van der Waals surface area contributed by atoms with Crippen LogP contribution >= 0.6 is 15.9 Å². The lowest BCUT2D eigenvalue weighted by molar-refractivity contribution is 0.286. The van der Waals surface area contributed by atoms with Gasteiger partial charge in [-0.3, -0.25) is 4.98 Å². The van der Waals surface area contributed by atoms with Crippen molar-refractivity contribution in [1.29, 1.82) is 0 Å². The van der Waals surface area contributed by atoms with Crippen molar-refractivity contribution in [3.05, 3.63) is 24.0 Å². The molecule has 11 heavy (non-hydrogen) atoms. The van der Waals surface area contributed by atoms with Crippen LogP contribution in [0.1, 0.15) is 16.8 Å². The molecule has 0 amide bonds. The van der Waals surface area contributed by atoms with Gasteiger partial charge < -0.3 is 4.74 Å². The van der Waals surface area contributed by atoms with E-state index in [9.17, 15) is 0 Å². The monoisotopic (exact) mass is 213 g/mol. The molecule has 2 nitrogen and oxygen atoms in total. The molecule has 58 valence electrons. The van der Waals surface area contributed by atoms with E-state index in [1.165, 1.54) is 5.56 Å². The molecule has 0 saturated heterocycles. The van der Waals surface area contributed by atoms with Crippen LogP contribution in [0.25, 0.3) is 0 Å². The normalized spacial score (nSPS) is 22.1. The first-order chi connectivity index (χ1) is 5.38. The van der Waals surface area contributed by atoms with Crippen LogP contribution in [-0.2, 0) is 0 Å². The lowest BCUT2D eigenvalue weighted by Gasteiger charge is -2.20. The summed E-state index contributed by atoms with van der Waals surface area (Å²) < 4.78 is 5.40. The van der Waals surface area contributed by atoms with Gasteiger partial charge in [0.2, 0.25) is 0 Å². The van der Waals surface area contributed by atoms with Gasteiger partial charge in [0.15, 0.2) is 0 Å². The van der Waals surface area contributed by atoms with Gasteiger partial charge in [-0.25, -0.2) is 0 Å². The Morgan fingerprint density at radius 3 is 3.36 bits per heavy atom. The van der Waals surface area contributed by atoms with Crippen molar-refractivity contribution >= 4 is 15.9 Å². The Morgan fingerprint density at radius 2 is 2.55 bits per heavy atom. The van der Waals surface area contributed by atoms with E-state index >= 15 is 0 Å². The van der Waals surface area contributed by atoms with Crippen LogP contribution in [0.3, 0.4) is 0 Å². The average molecular weight is 214 g/mol. The van der Waals surface area contributed by atoms with Gasteiger partial charge in [-0.05, 0) is 12.5 Å². The fourth-order valence-corrected chi connectivity index (χ4v) is 1.76. The number of ether oxygens (including phenoxy) is 1. The third-order valence-electron chi connectivity index (χ3n) is 1.78. The molecule has 0 aromatic carbocycles. The van der Waals surface area contributed by atoms with Gasteiger partial charge in [-0.15, -0.1) is 0 Å². The summed E-state index contributed by atoms with van der Waals surface area (Å²) in [6.07, 6.45) is 4.60. The molecule has 1 atom stereocenters. The second-order valence-electron chi connectivity index (χ2n) is 2.52. The van der Waals surface area contributed by atoms with Gasteiger partial charge in [0.05, 0.1) is 12.8 Å². The maximum absolute atomic E-state index is 5.40. The quantitative estimate of drug-likeness (QED) is 0.618. The summed E-state index contributed by atoms with van der Waals surface area (Å²) in [5.41, 5.74) is 1.21. The number of hydrogen-bond donors (Lipinski definition) is 0. The van der Waals surface area contributed by atoms with Crippen molar-refractivity contribution < 1.29 is 4.74 Å². The van der Waals surface area contributed by atoms with Crippen molar-refractivity contribution in [2.24, 2.45) is 0 Å². The zero-order chi connectivity index (χ0) is 7.68. The average Bonchev–Trinajstić information content (AvgIpc) is 2.06. The molecule has 3 heteroatoms. The van der Waals surface area contributed by atoms with E-state index in [1.807, 2.05) is 6.07 Å². The number of hydrogen-bond acceptors (Lipinski definition) is 2. The molecule has 0 saturated carbocycles. The van der Waals surface area contributed by atoms with Gasteiger partial charge in [-0.2, -0.15) is 0 Å². The van der Waals surface area contributed by atoms with Crippen LogP contribution in [0, 0.1) is 0 Å². The maximum atomic E-state index is 5.40. The predicted octanol–water partition coefficient (Wildman–Crippen LogP) is 2.30. The summed E-state index contributed by atoms with van der Waals surface area (Å²) in [5.74, 6) is 0.917. The number of fused-ring (bicyclic) bond motifs is 1. The topological polar surface area (TPSA) is 22.1 Å². The first kappa shape index (κ1) is 7.10. The zero-order valence-electron chi connectivity index (χ0n) is 5.96. The predicted molar refractivity (Wildman–Crippen MR) is 46.0 cm³/mol. The van der Waals surface area contributed by atoms with Gasteiger partial charge in [-0.1, -0.05) is 15.9 Å². The first-order valence-corrected chi connectivity index (χ1v) is 4.50. The molecule has 0 N–H and O–H groups in total. The molecule has 2 heterocycles. The molecule has 0 fully saturated rings. The molecule has 1 aromatic rings. The Bertz CT molecular complexity index is 264. The minimum Gasteiger partial charge on any atom is -0.492 e. The van der Waals surface area contributed by atoms with Crippen molar-refractivity contribution in [3.8, 4) is 5.75 Å². The third-order valence-corrected chi connectivity index (χ3v) is 2.73. The molecule has 0 spiro atoms. The molecule has 0 bridgehead atoms. The summed E-state index contributed by atoms with van der Waals surface area (Å²) in [6.45, 7) is 0.786. The van der Waals surface area contributed by atoms with Crippen LogP contribution in [0.4, 0.5) is 0 Å². The summed E-state index contributed by atoms with van der Waals surface area (Å²) >= 11 is 3.58.